The molecule has 1 unspecified atom stereocenters. The number of aromatic nitrogens is 4. The fourth-order valence-corrected chi connectivity index (χ4v) is 4.16. The van der Waals surface area contributed by atoms with Gasteiger partial charge in [-0.3, -0.25) is 9.48 Å². The van der Waals surface area contributed by atoms with Crippen LogP contribution in [0.1, 0.15) is 38.8 Å². The average molecular weight is 413 g/mol. The molecule has 1 N–H and O–H groups in total. The van der Waals surface area contributed by atoms with Crippen molar-refractivity contribution in [3.63, 3.8) is 0 Å². The van der Waals surface area contributed by atoms with Gasteiger partial charge in [-0.15, -0.1) is 0 Å². The number of rotatable bonds is 5. The Bertz CT molecular complexity index is 1200. The molecule has 156 valence electrons. The molecule has 2 aromatic carbocycles. The molecule has 0 saturated carbocycles. The van der Waals surface area contributed by atoms with Crippen molar-refractivity contribution in [2.45, 2.75) is 19.0 Å². The van der Waals surface area contributed by atoms with Crippen LogP contribution < -0.4 is 4.74 Å². The maximum atomic E-state index is 13.4. The highest BCUT2D eigenvalue weighted by Gasteiger charge is 2.32. The summed E-state index contributed by atoms with van der Waals surface area (Å²) >= 11 is 0. The lowest BCUT2D eigenvalue weighted by Crippen LogP contribution is -2.38. The molecule has 2 aromatic heterocycles. The SMILES string of the molecule is COc1cccc(C2CN(C(=O)c3cccc(Cn4cccn4)c3)Cc3[nH]cnc32)c1. The standard InChI is InChI=1S/C24H23N5O2/c1-31-20-8-3-6-18(12-20)21-14-28(15-22-23(21)26-16-25-22)24(30)19-7-2-5-17(11-19)13-29-10-4-9-27-29/h2-12,16,21H,13-15H2,1H3,(H,25,26). The molecule has 1 amide bonds. The summed E-state index contributed by atoms with van der Waals surface area (Å²) in [4.78, 5) is 23.1. The Morgan fingerprint density at radius 3 is 2.94 bits per heavy atom. The van der Waals surface area contributed by atoms with E-state index in [1.807, 2.05) is 64.3 Å². The Labute approximate surface area is 180 Å². The third-order valence-electron chi connectivity index (χ3n) is 5.69. The number of nitrogens with one attached hydrogen (secondary N) is 1. The van der Waals surface area contributed by atoms with Gasteiger partial charge in [0.2, 0.25) is 0 Å². The highest BCUT2D eigenvalue weighted by Crippen LogP contribution is 2.33. The van der Waals surface area contributed by atoms with Crippen LogP contribution in [-0.4, -0.2) is 44.2 Å². The van der Waals surface area contributed by atoms with Crippen molar-refractivity contribution in [2.24, 2.45) is 0 Å². The predicted molar refractivity (Wildman–Crippen MR) is 116 cm³/mol. The van der Waals surface area contributed by atoms with E-state index in [0.29, 0.717) is 25.2 Å². The zero-order valence-corrected chi connectivity index (χ0v) is 17.2. The molecular formula is C24H23N5O2. The second kappa shape index (κ2) is 8.10. The van der Waals surface area contributed by atoms with E-state index in [-0.39, 0.29) is 11.8 Å². The maximum Gasteiger partial charge on any atom is 0.254 e. The molecule has 0 bridgehead atoms. The first-order chi connectivity index (χ1) is 15.2. The van der Waals surface area contributed by atoms with Gasteiger partial charge in [-0.05, 0) is 41.5 Å². The monoisotopic (exact) mass is 413 g/mol. The molecular weight excluding hydrogens is 390 g/mol. The predicted octanol–water partition coefficient (Wildman–Crippen LogP) is 3.45. The number of fused-ring (bicyclic) bond motifs is 1. The number of aromatic amines is 1. The molecule has 31 heavy (non-hydrogen) atoms. The summed E-state index contributed by atoms with van der Waals surface area (Å²) in [5.41, 5.74) is 4.76. The summed E-state index contributed by atoms with van der Waals surface area (Å²) in [5.74, 6) is 0.793. The minimum Gasteiger partial charge on any atom is -0.497 e. The number of ether oxygens (including phenoxy) is 1. The third kappa shape index (κ3) is 3.82. The lowest BCUT2D eigenvalue weighted by atomic mass is 9.90. The van der Waals surface area contributed by atoms with Gasteiger partial charge in [-0.2, -0.15) is 5.10 Å². The van der Waals surface area contributed by atoms with E-state index in [4.69, 9.17) is 4.74 Å². The summed E-state index contributed by atoms with van der Waals surface area (Å²) in [6.45, 7) is 1.70. The van der Waals surface area contributed by atoms with E-state index in [0.717, 1.165) is 28.3 Å². The second-order valence-electron chi connectivity index (χ2n) is 7.69. The molecule has 0 aliphatic carbocycles. The number of H-pyrrole nitrogens is 1. The molecule has 4 aromatic rings. The number of hydrogen-bond donors (Lipinski definition) is 1. The van der Waals surface area contributed by atoms with Crippen molar-refractivity contribution < 1.29 is 9.53 Å². The number of carbonyl (C=O) groups excluding carboxylic acids is 1. The van der Waals surface area contributed by atoms with Crippen LogP contribution in [0.15, 0.2) is 73.3 Å². The first kappa shape index (κ1) is 19.1. The molecule has 0 spiro atoms. The van der Waals surface area contributed by atoms with Crippen molar-refractivity contribution in [1.29, 1.82) is 0 Å². The number of benzene rings is 2. The van der Waals surface area contributed by atoms with Gasteiger partial charge in [0.05, 0.1) is 37.9 Å². The van der Waals surface area contributed by atoms with Gasteiger partial charge in [-0.25, -0.2) is 4.98 Å². The van der Waals surface area contributed by atoms with E-state index >= 15 is 0 Å². The van der Waals surface area contributed by atoms with Crippen LogP contribution in [0.5, 0.6) is 5.75 Å². The smallest absolute Gasteiger partial charge is 0.254 e. The number of imidazole rings is 1. The van der Waals surface area contributed by atoms with Crippen LogP contribution in [0.25, 0.3) is 0 Å². The second-order valence-corrected chi connectivity index (χ2v) is 7.69. The molecule has 7 heteroatoms. The summed E-state index contributed by atoms with van der Waals surface area (Å²) in [5, 5.41) is 4.25. The summed E-state index contributed by atoms with van der Waals surface area (Å²) < 4.78 is 7.25. The van der Waals surface area contributed by atoms with Crippen molar-refractivity contribution in [2.75, 3.05) is 13.7 Å². The first-order valence-corrected chi connectivity index (χ1v) is 10.2. The summed E-state index contributed by atoms with van der Waals surface area (Å²) in [6, 6.07) is 17.6. The normalized spacial score (nSPS) is 15.5. The fourth-order valence-electron chi connectivity index (χ4n) is 4.16. The van der Waals surface area contributed by atoms with E-state index in [1.54, 1.807) is 19.6 Å². The van der Waals surface area contributed by atoms with Crippen LogP contribution in [0, 0.1) is 0 Å². The zero-order chi connectivity index (χ0) is 21.2. The van der Waals surface area contributed by atoms with E-state index < -0.39 is 0 Å². The van der Waals surface area contributed by atoms with Gasteiger partial charge in [0.1, 0.15) is 5.75 Å². The number of nitrogens with zero attached hydrogens (tertiary/aromatic N) is 4. The van der Waals surface area contributed by atoms with E-state index in [1.165, 1.54) is 0 Å². The highest BCUT2D eigenvalue weighted by atomic mass is 16.5. The van der Waals surface area contributed by atoms with Crippen molar-refractivity contribution in [3.8, 4) is 5.75 Å². The number of hydrogen-bond acceptors (Lipinski definition) is 4. The minimum absolute atomic E-state index is 0.00969. The lowest BCUT2D eigenvalue weighted by Gasteiger charge is -2.32. The van der Waals surface area contributed by atoms with Gasteiger partial charge in [0.25, 0.3) is 5.91 Å². The van der Waals surface area contributed by atoms with Gasteiger partial charge in [0.15, 0.2) is 0 Å². The van der Waals surface area contributed by atoms with Crippen LogP contribution >= 0.6 is 0 Å². The molecule has 1 aliphatic heterocycles. The largest absolute Gasteiger partial charge is 0.497 e. The molecule has 7 nitrogen and oxygen atoms in total. The quantitative estimate of drug-likeness (QED) is 0.544. The van der Waals surface area contributed by atoms with Crippen LogP contribution in [0.4, 0.5) is 0 Å². The lowest BCUT2D eigenvalue weighted by molar-refractivity contribution is 0.0721. The summed E-state index contributed by atoms with van der Waals surface area (Å²) in [6.07, 6.45) is 5.37. The minimum atomic E-state index is -0.0127. The molecule has 1 aliphatic rings. The number of carbonyl (C=O) groups is 1. The topological polar surface area (TPSA) is 76.0 Å². The Morgan fingerprint density at radius 1 is 1.19 bits per heavy atom. The molecule has 0 radical (unpaired) electrons. The maximum absolute atomic E-state index is 13.4. The van der Waals surface area contributed by atoms with Crippen molar-refractivity contribution in [3.05, 3.63) is 101 Å². The molecule has 3 heterocycles. The summed E-state index contributed by atoms with van der Waals surface area (Å²) in [7, 11) is 1.66. The van der Waals surface area contributed by atoms with Crippen molar-refractivity contribution >= 4 is 5.91 Å². The third-order valence-corrected chi connectivity index (χ3v) is 5.69. The van der Waals surface area contributed by atoms with Crippen LogP contribution in [0.3, 0.4) is 0 Å². The zero-order valence-electron chi connectivity index (χ0n) is 17.2. The fraction of sp³-hybridized carbons (Fsp3) is 0.208. The molecule has 1 atom stereocenters. The van der Waals surface area contributed by atoms with E-state index in [2.05, 4.69) is 21.1 Å². The van der Waals surface area contributed by atoms with E-state index in [9.17, 15) is 4.79 Å². The van der Waals surface area contributed by atoms with Crippen LogP contribution in [0.2, 0.25) is 0 Å². The molecule has 0 saturated heterocycles. The Morgan fingerprint density at radius 2 is 2.10 bits per heavy atom. The van der Waals surface area contributed by atoms with Gasteiger partial charge in [0, 0.05) is 30.4 Å². The highest BCUT2D eigenvalue weighted by molar-refractivity contribution is 5.94. The Kier molecular flexibility index (Phi) is 5.00. The van der Waals surface area contributed by atoms with Gasteiger partial charge < -0.3 is 14.6 Å². The van der Waals surface area contributed by atoms with Gasteiger partial charge >= 0.3 is 0 Å². The van der Waals surface area contributed by atoms with Gasteiger partial charge in [-0.1, -0.05) is 24.3 Å². The van der Waals surface area contributed by atoms with Crippen LogP contribution in [-0.2, 0) is 13.1 Å². The Hall–Kier alpha value is -3.87. The number of amides is 1. The first-order valence-electron chi connectivity index (χ1n) is 10.2. The average Bonchev–Trinajstić information content (AvgIpc) is 3.50. The Balaban J connectivity index is 1.42. The molecule has 0 fully saturated rings. The van der Waals surface area contributed by atoms with Crippen molar-refractivity contribution in [1.82, 2.24) is 24.6 Å². The molecule has 5 rings (SSSR count). The number of methoxy groups -OCH3 is 1.